The average Bonchev–Trinajstić information content (AvgIpc) is 2.90. The molecule has 0 saturated heterocycles. The molecule has 0 aliphatic heterocycles. The van der Waals surface area contributed by atoms with Crippen LogP contribution < -0.4 is 4.72 Å². The van der Waals surface area contributed by atoms with Crippen molar-refractivity contribution in [1.82, 2.24) is 9.88 Å². The lowest BCUT2D eigenvalue weighted by atomic mass is 9.88. The number of carbonyl (C=O) groups excluding carboxylic acids is 1. The molecule has 22 heavy (non-hydrogen) atoms. The molecule has 8 heteroatoms. The highest BCUT2D eigenvalue weighted by molar-refractivity contribution is 7.89. The fourth-order valence-electron chi connectivity index (χ4n) is 2.63. The normalized spacial score (nSPS) is 23.9. The predicted octanol–water partition coefficient (Wildman–Crippen LogP) is 1.60. The van der Waals surface area contributed by atoms with Gasteiger partial charge in [-0.05, 0) is 25.7 Å². The number of sulfonamides is 1. The summed E-state index contributed by atoms with van der Waals surface area (Å²) in [7, 11) is -3.80. The van der Waals surface area contributed by atoms with Gasteiger partial charge in [-0.3, -0.25) is 9.52 Å². The molecule has 0 radical (unpaired) electrons. The molecule has 1 aliphatic rings. The molecule has 1 aromatic rings. The van der Waals surface area contributed by atoms with Gasteiger partial charge in [0.1, 0.15) is 23.8 Å². The lowest BCUT2D eigenvalue weighted by molar-refractivity contribution is -0.135. The summed E-state index contributed by atoms with van der Waals surface area (Å²) in [4.78, 5) is 12.0. The minimum absolute atomic E-state index is 0.0164. The van der Waals surface area contributed by atoms with Gasteiger partial charge in [0.25, 0.3) is 5.91 Å². The fraction of sp³-hybridized carbons (Fsp3) is 0.714. The summed E-state index contributed by atoms with van der Waals surface area (Å²) < 4.78 is 36.1. The first kappa shape index (κ1) is 17.0. The highest BCUT2D eigenvalue weighted by Crippen LogP contribution is 2.26. The standard InChI is InChI=1S/C14H22N2O5S/c1-10-4-3-5-13(8-10)21-11(2)14(17)16-22(18,19)9-12-6-7-20-15-12/h6-7,10-11,13H,3-5,8-9H2,1-2H3,(H,16,17). The van der Waals surface area contributed by atoms with E-state index in [9.17, 15) is 13.2 Å². The Morgan fingerprint density at radius 2 is 2.32 bits per heavy atom. The Hall–Kier alpha value is -1.41. The minimum Gasteiger partial charge on any atom is -0.365 e. The van der Waals surface area contributed by atoms with Gasteiger partial charge in [0.15, 0.2) is 0 Å². The molecule has 0 aromatic carbocycles. The van der Waals surface area contributed by atoms with E-state index in [0.29, 0.717) is 5.92 Å². The van der Waals surface area contributed by atoms with Crippen LogP contribution in [0.1, 0.15) is 45.2 Å². The van der Waals surface area contributed by atoms with Crippen LogP contribution in [-0.2, 0) is 25.3 Å². The second-order valence-corrected chi connectivity index (χ2v) is 7.61. The SMILES string of the molecule is CC1CCCC(OC(C)C(=O)NS(=O)(=O)Cc2ccon2)C1. The van der Waals surface area contributed by atoms with E-state index in [0.717, 1.165) is 19.3 Å². The molecule has 1 heterocycles. The number of rotatable bonds is 6. The largest absolute Gasteiger partial charge is 0.365 e. The zero-order valence-electron chi connectivity index (χ0n) is 12.8. The molecular weight excluding hydrogens is 308 g/mol. The van der Waals surface area contributed by atoms with Gasteiger partial charge in [0, 0.05) is 6.07 Å². The number of hydrogen-bond acceptors (Lipinski definition) is 6. The maximum atomic E-state index is 12.0. The molecule has 1 fully saturated rings. The van der Waals surface area contributed by atoms with Crippen molar-refractivity contribution in [2.24, 2.45) is 5.92 Å². The monoisotopic (exact) mass is 330 g/mol. The molecule has 1 saturated carbocycles. The van der Waals surface area contributed by atoms with E-state index in [2.05, 4.69) is 16.6 Å². The molecule has 1 N–H and O–H groups in total. The van der Waals surface area contributed by atoms with E-state index in [1.54, 1.807) is 6.92 Å². The third-order valence-corrected chi connectivity index (χ3v) is 4.93. The predicted molar refractivity (Wildman–Crippen MR) is 79.2 cm³/mol. The number of nitrogens with one attached hydrogen (secondary N) is 1. The van der Waals surface area contributed by atoms with Crippen LogP contribution in [0.2, 0.25) is 0 Å². The zero-order chi connectivity index (χ0) is 16.2. The van der Waals surface area contributed by atoms with E-state index in [4.69, 9.17) is 4.74 Å². The number of amides is 1. The van der Waals surface area contributed by atoms with Crippen molar-refractivity contribution in [2.75, 3.05) is 0 Å². The summed E-state index contributed by atoms with van der Waals surface area (Å²) in [5.41, 5.74) is 0.245. The van der Waals surface area contributed by atoms with E-state index in [-0.39, 0.29) is 11.8 Å². The Kier molecular flexibility index (Phi) is 5.57. The van der Waals surface area contributed by atoms with Crippen molar-refractivity contribution in [1.29, 1.82) is 0 Å². The highest BCUT2D eigenvalue weighted by atomic mass is 32.2. The lowest BCUT2D eigenvalue weighted by Gasteiger charge is -2.28. The van der Waals surface area contributed by atoms with Crippen LogP contribution >= 0.6 is 0 Å². The fourth-order valence-corrected chi connectivity index (χ4v) is 3.71. The van der Waals surface area contributed by atoms with E-state index < -0.39 is 27.8 Å². The Bertz CT molecular complexity index is 584. The minimum atomic E-state index is -3.80. The first-order valence-corrected chi connectivity index (χ1v) is 9.10. The maximum Gasteiger partial charge on any atom is 0.262 e. The van der Waals surface area contributed by atoms with Crippen molar-refractivity contribution in [3.63, 3.8) is 0 Å². The Morgan fingerprint density at radius 3 is 2.95 bits per heavy atom. The van der Waals surface area contributed by atoms with Gasteiger partial charge in [0.2, 0.25) is 10.0 Å². The van der Waals surface area contributed by atoms with Gasteiger partial charge in [-0.15, -0.1) is 0 Å². The summed E-state index contributed by atoms with van der Waals surface area (Å²) in [6, 6.07) is 1.44. The number of carbonyl (C=O) groups is 1. The number of hydrogen-bond donors (Lipinski definition) is 1. The van der Waals surface area contributed by atoms with Gasteiger partial charge >= 0.3 is 0 Å². The van der Waals surface area contributed by atoms with Crippen LogP contribution in [0.4, 0.5) is 0 Å². The van der Waals surface area contributed by atoms with Crippen molar-refractivity contribution in [3.05, 3.63) is 18.0 Å². The molecule has 1 amide bonds. The Labute approximate surface area is 130 Å². The van der Waals surface area contributed by atoms with E-state index in [1.165, 1.54) is 18.8 Å². The third-order valence-electron chi connectivity index (χ3n) is 3.74. The lowest BCUT2D eigenvalue weighted by Crippen LogP contribution is -2.41. The number of nitrogens with zero attached hydrogens (tertiary/aromatic N) is 1. The second kappa shape index (κ2) is 7.23. The number of aromatic nitrogens is 1. The van der Waals surface area contributed by atoms with Gasteiger partial charge in [-0.2, -0.15) is 0 Å². The highest BCUT2D eigenvalue weighted by Gasteiger charge is 2.26. The van der Waals surface area contributed by atoms with Gasteiger partial charge in [-0.1, -0.05) is 24.9 Å². The first-order valence-electron chi connectivity index (χ1n) is 7.45. The molecule has 124 valence electrons. The van der Waals surface area contributed by atoms with Gasteiger partial charge < -0.3 is 9.26 Å². The van der Waals surface area contributed by atoms with E-state index >= 15 is 0 Å². The quantitative estimate of drug-likeness (QED) is 0.851. The smallest absolute Gasteiger partial charge is 0.262 e. The van der Waals surface area contributed by atoms with Crippen LogP contribution in [0.15, 0.2) is 16.9 Å². The van der Waals surface area contributed by atoms with Crippen LogP contribution in [0, 0.1) is 5.92 Å². The van der Waals surface area contributed by atoms with Crippen molar-refractivity contribution in [3.8, 4) is 0 Å². The van der Waals surface area contributed by atoms with E-state index in [1.807, 2.05) is 4.72 Å². The molecular formula is C14H22N2O5S. The summed E-state index contributed by atoms with van der Waals surface area (Å²) in [5, 5.41) is 3.52. The maximum absolute atomic E-state index is 12.0. The molecule has 0 bridgehead atoms. The molecule has 2 rings (SSSR count). The number of ether oxygens (including phenoxy) is 1. The van der Waals surface area contributed by atoms with Gasteiger partial charge in [0.05, 0.1) is 6.10 Å². The van der Waals surface area contributed by atoms with Crippen LogP contribution in [-0.4, -0.2) is 31.7 Å². The summed E-state index contributed by atoms with van der Waals surface area (Å²) in [6.07, 6.45) is 4.56. The molecule has 1 aromatic heterocycles. The van der Waals surface area contributed by atoms with Crippen LogP contribution in [0.5, 0.6) is 0 Å². The molecule has 1 aliphatic carbocycles. The zero-order valence-corrected chi connectivity index (χ0v) is 13.6. The Morgan fingerprint density at radius 1 is 1.55 bits per heavy atom. The summed E-state index contributed by atoms with van der Waals surface area (Å²) >= 11 is 0. The molecule has 0 spiro atoms. The molecule has 7 nitrogen and oxygen atoms in total. The van der Waals surface area contributed by atoms with Crippen LogP contribution in [0.25, 0.3) is 0 Å². The Balaban J connectivity index is 1.85. The second-order valence-electron chi connectivity index (χ2n) is 5.89. The average molecular weight is 330 g/mol. The van der Waals surface area contributed by atoms with Crippen molar-refractivity contribution < 1.29 is 22.5 Å². The first-order chi connectivity index (χ1) is 10.4. The van der Waals surface area contributed by atoms with Crippen molar-refractivity contribution >= 4 is 15.9 Å². The summed E-state index contributed by atoms with van der Waals surface area (Å²) in [5.74, 6) is -0.478. The molecule has 3 unspecified atom stereocenters. The molecule has 3 atom stereocenters. The van der Waals surface area contributed by atoms with Gasteiger partial charge in [-0.25, -0.2) is 8.42 Å². The topological polar surface area (TPSA) is 98.5 Å². The summed E-state index contributed by atoms with van der Waals surface area (Å²) in [6.45, 7) is 3.73. The van der Waals surface area contributed by atoms with Crippen LogP contribution in [0.3, 0.4) is 0 Å². The third kappa shape index (κ3) is 5.10. The van der Waals surface area contributed by atoms with Crippen molar-refractivity contribution in [2.45, 2.75) is 57.5 Å².